The van der Waals surface area contributed by atoms with Gasteiger partial charge in [-0.25, -0.2) is 5.01 Å². The molecule has 26 heavy (non-hydrogen) atoms. The van der Waals surface area contributed by atoms with E-state index in [1.807, 2.05) is 19.2 Å². The average Bonchev–Trinajstić information content (AvgIpc) is 3.30. The van der Waals surface area contributed by atoms with Gasteiger partial charge in [0.25, 0.3) is 5.91 Å². The number of rotatable bonds is 6. The van der Waals surface area contributed by atoms with Crippen molar-refractivity contribution in [2.24, 2.45) is 5.10 Å². The van der Waals surface area contributed by atoms with Crippen molar-refractivity contribution in [3.8, 4) is 0 Å². The highest BCUT2D eigenvalue weighted by Crippen LogP contribution is 2.33. The van der Waals surface area contributed by atoms with Crippen LogP contribution in [0.1, 0.15) is 49.6 Å². The Kier molecular flexibility index (Phi) is 5.57. The number of benzene rings is 1. The first-order valence-corrected chi connectivity index (χ1v) is 9.19. The molecule has 1 aliphatic heterocycles. The minimum Gasteiger partial charge on any atom is -0.467 e. The molecule has 138 valence electrons. The Morgan fingerprint density at radius 3 is 2.69 bits per heavy atom. The Hall–Kier alpha value is -2.40. The smallest absolute Gasteiger partial charge is 0.257 e. The van der Waals surface area contributed by atoms with E-state index in [0.717, 1.165) is 23.5 Å². The fraction of sp³-hybridized carbons (Fsp3) is 0.429. The summed E-state index contributed by atoms with van der Waals surface area (Å²) in [4.78, 5) is 15.0. The molecular formula is C21H27N3O2. The van der Waals surface area contributed by atoms with Gasteiger partial charge in [0.1, 0.15) is 11.8 Å². The molecular weight excluding hydrogens is 326 g/mol. The summed E-state index contributed by atoms with van der Waals surface area (Å²) in [6, 6.07) is 12.2. The van der Waals surface area contributed by atoms with E-state index in [4.69, 9.17) is 4.42 Å². The molecule has 0 N–H and O–H groups in total. The average molecular weight is 353 g/mol. The topological polar surface area (TPSA) is 49.1 Å². The van der Waals surface area contributed by atoms with Gasteiger partial charge in [0.05, 0.1) is 18.5 Å². The van der Waals surface area contributed by atoms with Crippen LogP contribution in [0.4, 0.5) is 0 Å². The van der Waals surface area contributed by atoms with Crippen molar-refractivity contribution in [2.75, 3.05) is 13.6 Å². The maximum atomic E-state index is 12.9. The molecule has 0 fully saturated rings. The lowest BCUT2D eigenvalue weighted by Crippen LogP contribution is -2.39. The van der Waals surface area contributed by atoms with Gasteiger partial charge in [-0.1, -0.05) is 36.8 Å². The summed E-state index contributed by atoms with van der Waals surface area (Å²) in [6.45, 7) is 6.66. The summed E-state index contributed by atoms with van der Waals surface area (Å²) >= 11 is 0. The summed E-state index contributed by atoms with van der Waals surface area (Å²) in [5.41, 5.74) is 3.18. The third-order valence-corrected chi connectivity index (χ3v) is 5.15. The summed E-state index contributed by atoms with van der Waals surface area (Å²) in [6.07, 6.45) is 3.31. The number of hydrogen-bond acceptors (Lipinski definition) is 4. The summed E-state index contributed by atoms with van der Waals surface area (Å²) in [7, 11) is 1.98. The van der Waals surface area contributed by atoms with Crippen molar-refractivity contribution in [1.29, 1.82) is 0 Å². The zero-order valence-corrected chi connectivity index (χ0v) is 16.0. The van der Waals surface area contributed by atoms with Crippen LogP contribution in [0.25, 0.3) is 0 Å². The minimum absolute atomic E-state index is 0.00342. The van der Waals surface area contributed by atoms with Crippen LogP contribution in [0.2, 0.25) is 0 Å². The maximum Gasteiger partial charge on any atom is 0.257 e. The Morgan fingerprint density at radius 1 is 1.35 bits per heavy atom. The number of aryl methyl sites for hydroxylation is 1. The predicted molar refractivity (Wildman–Crippen MR) is 103 cm³/mol. The molecule has 0 saturated carbocycles. The molecule has 5 heteroatoms. The van der Waals surface area contributed by atoms with E-state index in [-0.39, 0.29) is 11.9 Å². The van der Waals surface area contributed by atoms with Crippen LogP contribution < -0.4 is 0 Å². The zero-order chi connectivity index (χ0) is 18.7. The van der Waals surface area contributed by atoms with Crippen LogP contribution in [0.5, 0.6) is 0 Å². The van der Waals surface area contributed by atoms with Crippen LogP contribution >= 0.6 is 0 Å². The second kappa shape index (κ2) is 7.87. The fourth-order valence-corrected chi connectivity index (χ4v) is 3.12. The van der Waals surface area contributed by atoms with E-state index < -0.39 is 0 Å². The normalized spacial score (nSPS) is 18.3. The molecule has 1 aromatic heterocycles. The van der Waals surface area contributed by atoms with Crippen LogP contribution in [0, 0.1) is 6.92 Å². The zero-order valence-electron chi connectivity index (χ0n) is 16.0. The highest BCUT2D eigenvalue weighted by atomic mass is 16.3. The largest absolute Gasteiger partial charge is 0.467 e. The lowest BCUT2D eigenvalue weighted by Gasteiger charge is -2.26. The van der Waals surface area contributed by atoms with Gasteiger partial charge >= 0.3 is 0 Å². The predicted octanol–water partition coefficient (Wildman–Crippen LogP) is 4.00. The molecule has 0 bridgehead atoms. The van der Waals surface area contributed by atoms with E-state index in [1.165, 1.54) is 5.56 Å². The monoisotopic (exact) mass is 353 g/mol. The van der Waals surface area contributed by atoms with E-state index in [2.05, 4.69) is 55.0 Å². The Bertz CT molecular complexity index is 765. The van der Waals surface area contributed by atoms with Gasteiger partial charge < -0.3 is 4.42 Å². The number of carbonyl (C=O) groups excluding carboxylic acids is 1. The van der Waals surface area contributed by atoms with Gasteiger partial charge in [-0.3, -0.25) is 9.69 Å². The highest BCUT2D eigenvalue weighted by molar-refractivity contribution is 6.03. The third kappa shape index (κ3) is 3.88. The van der Waals surface area contributed by atoms with Gasteiger partial charge in [0, 0.05) is 12.5 Å². The van der Waals surface area contributed by atoms with Crippen molar-refractivity contribution in [2.45, 2.75) is 45.7 Å². The number of amides is 1. The lowest BCUT2D eigenvalue weighted by atomic mass is 10.0. The lowest BCUT2D eigenvalue weighted by molar-refractivity contribution is -0.134. The number of hydrazone groups is 1. The summed E-state index contributed by atoms with van der Waals surface area (Å²) in [5, 5.41) is 6.28. The molecule has 2 atom stereocenters. The van der Waals surface area contributed by atoms with E-state index in [1.54, 1.807) is 11.3 Å². The third-order valence-electron chi connectivity index (χ3n) is 5.15. The van der Waals surface area contributed by atoms with Crippen LogP contribution in [-0.4, -0.2) is 41.2 Å². The van der Waals surface area contributed by atoms with Gasteiger partial charge in [-0.15, -0.1) is 0 Å². The molecule has 2 aromatic rings. The Balaban J connectivity index is 1.84. The van der Waals surface area contributed by atoms with E-state index in [9.17, 15) is 4.79 Å². The van der Waals surface area contributed by atoms with E-state index in [0.29, 0.717) is 19.0 Å². The molecule has 2 heterocycles. The molecule has 2 unspecified atom stereocenters. The fourth-order valence-electron chi connectivity index (χ4n) is 3.12. The van der Waals surface area contributed by atoms with Crippen molar-refractivity contribution in [3.63, 3.8) is 0 Å². The number of carbonyl (C=O) groups is 1. The molecule has 1 amide bonds. The second-order valence-corrected chi connectivity index (χ2v) is 7.06. The summed E-state index contributed by atoms with van der Waals surface area (Å²) < 4.78 is 5.59. The molecule has 0 aliphatic carbocycles. The quantitative estimate of drug-likeness (QED) is 0.789. The van der Waals surface area contributed by atoms with Crippen molar-refractivity contribution >= 4 is 11.6 Å². The summed E-state index contributed by atoms with van der Waals surface area (Å²) in [5.74, 6) is 0.770. The number of nitrogens with zero attached hydrogens (tertiary/aromatic N) is 3. The molecule has 3 rings (SSSR count). The van der Waals surface area contributed by atoms with E-state index >= 15 is 0 Å². The molecule has 5 nitrogen and oxygen atoms in total. The minimum atomic E-state index is -0.181. The van der Waals surface area contributed by atoms with Gasteiger partial charge in [-0.2, -0.15) is 5.10 Å². The van der Waals surface area contributed by atoms with Crippen LogP contribution in [0.15, 0.2) is 52.2 Å². The van der Waals surface area contributed by atoms with Crippen LogP contribution in [0.3, 0.4) is 0 Å². The van der Waals surface area contributed by atoms with Crippen LogP contribution in [-0.2, 0) is 4.79 Å². The van der Waals surface area contributed by atoms with Gasteiger partial charge in [0.15, 0.2) is 0 Å². The SMILES string of the molecule is CCC(C)N(C)CC(=O)N1N=C(c2ccc(C)cc2)CC1c1ccco1. The number of hydrogen-bond donors (Lipinski definition) is 0. The Labute approximate surface area is 155 Å². The molecule has 1 aromatic carbocycles. The van der Waals surface area contributed by atoms with Gasteiger partial charge in [0.2, 0.25) is 0 Å². The van der Waals surface area contributed by atoms with Crippen molar-refractivity contribution < 1.29 is 9.21 Å². The van der Waals surface area contributed by atoms with Crippen molar-refractivity contribution in [3.05, 3.63) is 59.5 Å². The first kappa shape index (κ1) is 18.4. The number of likely N-dealkylation sites (N-methyl/N-ethyl adjacent to an activating group) is 1. The molecule has 0 saturated heterocycles. The maximum absolute atomic E-state index is 12.9. The highest BCUT2D eigenvalue weighted by Gasteiger charge is 2.35. The first-order valence-electron chi connectivity index (χ1n) is 9.19. The molecule has 1 aliphatic rings. The standard InChI is InChI=1S/C21H27N3O2/c1-5-16(3)23(4)14-21(25)24-19(20-7-6-12-26-20)13-18(22-24)17-10-8-15(2)9-11-17/h6-12,16,19H,5,13-14H2,1-4H3. The molecule has 0 radical (unpaired) electrons. The Morgan fingerprint density at radius 2 is 2.08 bits per heavy atom. The molecule has 0 spiro atoms. The second-order valence-electron chi connectivity index (χ2n) is 7.06. The first-order chi connectivity index (χ1) is 12.5. The van der Waals surface area contributed by atoms with Crippen molar-refractivity contribution in [1.82, 2.24) is 9.91 Å². The van der Waals surface area contributed by atoms with Gasteiger partial charge in [-0.05, 0) is 45.0 Å². The number of furan rings is 1.